The van der Waals surface area contributed by atoms with Gasteiger partial charge in [-0.05, 0) is 26.0 Å². The molecule has 80 valence electrons. The number of hydrogen-bond donors (Lipinski definition) is 2. The minimum atomic E-state index is -0.342. The smallest absolute Gasteiger partial charge is 0.314 e. The lowest BCUT2D eigenvalue weighted by Crippen LogP contribution is -2.24. The minimum Gasteiger partial charge on any atom is -0.314 e. The van der Waals surface area contributed by atoms with Crippen LogP contribution in [0.25, 0.3) is 0 Å². The normalized spacial score (nSPS) is 9.27. The predicted molar refractivity (Wildman–Crippen MR) is 60.8 cm³/mol. The summed E-state index contributed by atoms with van der Waals surface area (Å²) in [5.41, 5.74) is 1.49. The summed E-state index contributed by atoms with van der Waals surface area (Å²) in [6.07, 6.45) is 3.17. The highest BCUT2D eigenvalue weighted by atomic mass is 35.5. The quantitative estimate of drug-likeness (QED) is 0.761. The molecule has 0 aliphatic carbocycles. The molecule has 0 radical (unpaired) electrons. The lowest BCUT2D eigenvalue weighted by Gasteiger charge is -2.05. The number of allylic oxidation sites excluding steroid dienone is 1. The Balaban J connectivity index is 2.59. The number of pyridine rings is 1. The fourth-order valence-electron chi connectivity index (χ4n) is 0.848. The molecule has 2 N–H and O–H groups in total. The van der Waals surface area contributed by atoms with Crippen LogP contribution in [0.1, 0.15) is 13.8 Å². The third-order valence-corrected chi connectivity index (χ3v) is 1.80. The number of hydrogen-bond acceptors (Lipinski definition) is 2. The Kier molecular flexibility index (Phi) is 4.12. The van der Waals surface area contributed by atoms with Gasteiger partial charge in [-0.1, -0.05) is 17.2 Å². The van der Waals surface area contributed by atoms with E-state index in [9.17, 15) is 4.79 Å². The first-order chi connectivity index (χ1) is 7.09. The number of nitrogens with zero attached hydrogens (tertiary/aromatic N) is 1. The summed E-state index contributed by atoms with van der Waals surface area (Å²) >= 11 is 5.76. The van der Waals surface area contributed by atoms with Gasteiger partial charge in [-0.2, -0.15) is 0 Å². The Hall–Kier alpha value is -1.55. The van der Waals surface area contributed by atoms with Gasteiger partial charge in [-0.3, -0.25) is 0 Å². The molecule has 0 unspecified atom stereocenters. The molecule has 0 aromatic carbocycles. The number of amides is 2. The molecule has 1 heterocycles. The first-order valence-electron chi connectivity index (χ1n) is 4.41. The van der Waals surface area contributed by atoms with E-state index in [1.807, 2.05) is 13.8 Å². The van der Waals surface area contributed by atoms with E-state index in [1.54, 1.807) is 24.5 Å². The molecule has 1 aromatic rings. The third kappa shape index (κ3) is 3.99. The minimum absolute atomic E-state index is 0.268. The highest BCUT2D eigenvalue weighted by Crippen LogP contribution is 2.16. The van der Waals surface area contributed by atoms with Crippen LogP contribution in [0.3, 0.4) is 0 Å². The summed E-state index contributed by atoms with van der Waals surface area (Å²) in [6, 6.07) is 3.03. The Morgan fingerprint density at radius 1 is 1.53 bits per heavy atom. The van der Waals surface area contributed by atoms with Crippen molar-refractivity contribution in [1.29, 1.82) is 0 Å². The van der Waals surface area contributed by atoms with Crippen LogP contribution < -0.4 is 10.6 Å². The van der Waals surface area contributed by atoms with Crippen LogP contribution >= 0.6 is 11.6 Å². The highest BCUT2D eigenvalue weighted by molar-refractivity contribution is 6.32. The van der Waals surface area contributed by atoms with Gasteiger partial charge in [-0.25, -0.2) is 9.78 Å². The van der Waals surface area contributed by atoms with Crippen molar-refractivity contribution in [3.63, 3.8) is 0 Å². The van der Waals surface area contributed by atoms with E-state index in [0.717, 1.165) is 5.57 Å². The number of carbonyl (C=O) groups is 1. The molecular weight excluding hydrogens is 214 g/mol. The third-order valence-electron chi connectivity index (χ3n) is 1.50. The van der Waals surface area contributed by atoms with Gasteiger partial charge in [0, 0.05) is 12.4 Å². The van der Waals surface area contributed by atoms with Crippen molar-refractivity contribution in [1.82, 2.24) is 10.3 Å². The first kappa shape index (κ1) is 11.5. The van der Waals surface area contributed by atoms with Crippen molar-refractivity contribution >= 4 is 23.3 Å². The van der Waals surface area contributed by atoms with Crippen LogP contribution in [0.4, 0.5) is 10.5 Å². The lowest BCUT2D eigenvalue weighted by molar-refractivity contribution is 0.255. The largest absolute Gasteiger partial charge is 0.323 e. The molecule has 0 bridgehead atoms. The molecular formula is C10H12ClN3O. The number of carbonyl (C=O) groups excluding carboxylic acids is 1. The number of nitrogens with one attached hydrogen (secondary N) is 2. The standard InChI is InChI=1S/C10H12ClN3O/c1-7(2)6-13-10(15)14-8-4-3-5-12-9(8)11/h3-6H,1-2H3,(H2,13,14,15). The molecule has 1 aromatic heterocycles. The molecule has 15 heavy (non-hydrogen) atoms. The maximum Gasteiger partial charge on any atom is 0.323 e. The zero-order chi connectivity index (χ0) is 11.3. The highest BCUT2D eigenvalue weighted by Gasteiger charge is 2.03. The van der Waals surface area contributed by atoms with Gasteiger partial charge < -0.3 is 10.6 Å². The Morgan fingerprint density at radius 3 is 2.87 bits per heavy atom. The summed E-state index contributed by atoms with van der Waals surface area (Å²) in [5, 5.41) is 5.40. The number of anilines is 1. The second-order valence-corrected chi connectivity index (χ2v) is 3.52. The Morgan fingerprint density at radius 2 is 2.27 bits per heavy atom. The molecule has 4 nitrogen and oxygen atoms in total. The summed E-state index contributed by atoms with van der Waals surface area (Å²) in [6.45, 7) is 3.77. The van der Waals surface area contributed by atoms with Crippen LogP contribution in [0.2, 0.25) is 5.15 Å². The topological polar surface area (TPSA) is 54.0 Å². The number of urea groups is 1. The molecule has 0 aliphatic rings. The van der Waals surface area contributed by atoms with Crippen LogP contribution in [-0.2, 0) is 0 Å². The van der Waals surface area contributed by atoms with Crippen LogP contribution in [0.5, 0.6) is 0 Å². The monoisotopic (exact) mass is 225 g/mol. The Labute approximate surface area is 93.4 Å². The predicted octanol–water partition coefficient (Wildman–Crippen LogP) is 2.78. The van der Waals surface area contributed by atoms with E-state index < -0.39 is 0 Å². The van der Waals surface area contributed by atoms with Gasteiger partial charge in [0.15, 0.2) is 5.15 Å². The number of halogens is 1. The van der Waals surface area contributed by atoms with Gasteiger partial charge >= 0.3 is 6.03 Å². The second kappa shape index (κ2) is 5.36. The van der Waals surface area contributed by atoms with E-state index >= 15 is 0 Å². The maximum atomic E-state index is 11.3. The van der Waals surface area contributed by atoms with Crippen molar-refractivity contribution in [3.8, 4) is 0 Å². The van der Waals surface area contributed by atoms with E-state index in [0.29, 0.717) is 5.69 Å². The van der Waals surface area contributed by atoms with Gasteiger partial charge in [0.05, 0.1) is 5.69 Å². The number of aromatic nitrogens is 1. The zero-order valence-corrected chi connectivity index (χ0v) is 9.30. The van der Waals surface area contributed by atoms with Crippen LogP contribution in [0, 0.1) is 0 Å². The second-order valence-electron chi connectivity index (χ2n) is 3.16. The molecule has 0 spiro atoms. The number of rotatable bonds is 2. The van der Waals surface area contributed by atoms with Crippen LogP contribution in [0.15, 0.2) is 30.1 Å². The summed E-state index contributed by atoms with van der Waals surface area (Å²) in [7, 11) is 0. The average Bonchev–Trinajstić information content (AvgIpc) is 2.18. The lowest BCUT2D eigenvalue weighted by atomic mass is 10.4. The van der Waals surface area contributed by atoms with Crippen molar-refractivity contribution in [2.24, 2.45) is 0 Å². The van der Waals surface area contributed by atoms with Crippen molar-refractivity contribution < 1.29 is 4.79 Å². The average molecular weight is 226 g/mol. The molecule has 2 amide bonds. The van der Waals surface area contributed by atoms with Gasteiger partial charge in [0.25, 0.3) is 0 Å². The van der Waals surface area contributed by atoms with Gasteiger partial charge in [0.1, 0.15) is 0 Å². The molecule has 1 rings (SSSR count). The summed E-state index contributed by atoms with van der Waals surface area (Å²) in [5.74, 6) is 0. The molecule has 0 saturated heterocycles. The molecule has 0 atom stereocenters. The van der Waals surface area contributed by atoms with Gasteiger partial charge in [-0.15, -0.1) is 0 Å². The SMILES string of the molecule is CC(C)=CNC(=O)Nc1cccnc1Cl. The van der Waals surface area contributed by atoms with E-state index in [1.165, 1.54) is 0 Å². The zero-order valence-electron chi connectivity index (χ0n) is 8.54. The Bertz CT molecular complexity index is 386. The van der Waals surface area contributed by atoms with E-state index in [-0.39, 0.29) is 11.2 Å². The van der Waals surface area contributed by atoms with Gasteiger partial charge in [0.2, 0.25) is 0 Å². The van der Waals surface area contributed by atoms with Crippen molar-refractivity contribution in [3.05, 3.63) is 35.3 Å². The summed E-state index contributed by atoms with van der Waals surface area (Å²) < 4.78 is 0. The summed E-state index contributed by atoms with van der Waals surface area (Å²) in [4.78, 5) is 15.2. The van der Waals surface area contributed by atoms with Crippen molar-refractivity contribution in [2.75, 3.05) is 5.32 Å². The molecule has 0 aliphatic heterocycles. The molecule has 5 heteroatoms. The maximum absolute atomic E-state index is 11.3. The van der Waals surface area contributed by atoms with Crippen molar-refractivity contribution in [2.45, 2.75) is 13.8 Å². The molecule has 0 fully saturated rings. The first-order valence-corrected chi connectivity index (χ1v) is 4.79. The van der Waals surface area contributed by atoms with E-state index in [2.05, 4.69) is 15.6 Å². The molecule has 0 saturated carbocycles. The fourth-order valence-corrected chi connectivity index (χ4v) is 1.01. The fraction of sp³-hybridized carbons (Fsp3) is 0.200. The van der Waals surface area contributed by atoms with E-state index in [4.69, 9.17) is 11.6 Å². The van der Waals surface area contributed by atoms with Crippen LogP contribution in [-0.4, -0.2) is 11.0 Å².